The molecule has 0 bridgehead atoms. The molecule has 0 heterocycles. The Morgan fingerprint density at radius 3 is 2.46 bits per heavy atom. The molecule has 10 heteroatoms. The molecular weight excluding hydrogens is 379 g/mol. The molecule has 0 radical (unpaired) electrons. The lowest BCUT2D eigenvalue weighted by Gasteiger charge is -2.16. The second-order valence-corrected chi connectivity index (χ2v) is 8.26. The summed E-state index contributed by atoms with van der Waals surface area (Å²) in [6, 6.07) is 4.89. The number of sulfonamides is 1. The molecular formula is C16H23FN4O3S2. The van der Waals surface area contributed by atoms with Crippen LogP contribution in [0.15, 0.2) is 29.2 Å². The summed E-state index contributed by atoms with van der Waals surface area (Å²) in [5.74, 6) is -0.796. The van der Waals surface area contributed by atoms with Gasteiger partial charge in [-0.1, -0.05) is 12.8 Å². The number of halogens is 1. The molecule has 0 atom stereocenters. The second kappa shape index (κ2) is 9.79. The predicted molar refractivity (Wildman–Crippen MR) is 100 cm³/mol. The monoisotopic (exact) mass is 402 g/mol. The molecule has 0 saturated heterocycles. The van der Waals surface area contributed by atoms with Crippen molar-refractivity contribution in [2.45, 2.75) is 49.5 Å². The van der Waals surface area contributed by atoms with Crippen LogP contribution in [0.2, 0.25) is 0 Å². The largest absolute Gasteiger partial charge is 0.359 e. The van der Waals surface area contributed by atoms with E-state index in [1.807, 2.05) is 0 Å². The predicted octanol–water partition coefficient (Wildman–Crippen LogP) is 1.32. The summed E-state index contributed by atoms with van der Waals surface area (Å²) in [5, 5.41) is 3.51. The third-order valence-electron chi connectivity index (χ3n) is 4.00. The van der Waals surface area contributed by atoms with Crippen molar-refractivity contribution in [3.8, 4) is 0 Å². The fourth-order valence-corrected chi connectivity index (χ4v) is 3.92. The summed E-state index contributed by atoms with van der Waals surface area (Å²) in [6.07, 6.45) is 4.95. The lowest BCUT2D eigenvalue weighted by Crippen LogP contribution is -2.49. The first-order chi connectivity index (χ1) is 12.4. The number of benzene rings is 1. The van der Waals surface area contributed by atoms with Crippen LogP contribution in [-0.2, 0) is 14.8 Å². The van der Waals surface area contributed by atoms with Crippen LogP contribution in [0.1, 0.15) is 38.5 Å². The van der Waals surface area contributed by atoms with Crippen LogP contribution in [0.5, 0.6) is 0 Å². The minimum absolute atomic E-state index is 0.0200. The Bertz CT molecular complexity index is 720. The molecule has 7 nitrogen and oxygen atoms in total. The van der Waals surface area contributed by atoms with Crippen molar-refractivity contribution in [1.29, 1.82) is 0 Å². The topological polar surface area (TPSA) is 99.3 Å². The Hall–Kier alpha value is -1.78. The number of carbonyl (C=O) groups is 1. The Kier molecular flexibility index (Phi) is 7.73. The van der Waals surface area contributed by atoms with Gasteiger partial charge in [-0.25, -0.2) is 17.5 Å². The molecule has 1 fully saturated rings. The van der Waals surface area contributed by atoms with E-state index in [1.165, 1.54) is 25.0 Å². The van der Waals surface area contributed by atoms with Gasteiger partial charge in [-0.05, 0) is 55.7 Å². The standard InChI is InChI=1S/C16H23FN4O3S2/c17-12-7-9-14(10-8-12)26(23,24)18-11-3-6-15(22)20-21-16(25)19-13-4-1-2-5-13/h7-10,13,18H,1-6,11H2,(H,20,22)(H2,19,21,25). The number of hydrogen-bond donors (Lipinski definition) is 4. The SMILES string of the molecule is O=C(CCCNS(=O)(=O)c1ccc(F)cc1)NNC(=S)NC1CCCC1. The number of hydrogen-bond acceptors (Lipinski definition) is 4. The maximum Gasteiger partial charge on any atom is 0.240 e. The van der Waals surface area contributed by atoms with E-state index in [-0.39, 0.29) is 23.8 Å². The van der Waals surface area contributed by atoms with Crippen LogP contribution < -0.4 is 20.9 Å². The molecule has 4 N–H and O–H groups in total. The normalized spacial score (nSPS) is 14.8. The molecule has 1 aliphatic rings. The van der Waals surface area contributed by atoms with Gasteiger partial charge in [-0.2, -0.15) is 0 Å². The maximum absolute atomic E-state index is 12.8. The summed E-state index contributed by atoms with van der Waals surface area (Å²) in [4.78, 5) is 11.7. The van der Waals surface area contributed by atoms with Crippen molar-refractivity contribution in [2.75, 3.05) is 6.54 Å². The van der Waals surface area contributed by atoms with Crippen LogP contribution >= 0.6 is 12.2 Å². The lowest BCUT2D eigenvalue weighted by molar-refractivity contribution is -0.121. The zero-order chi connectivity index (χ0) is 19.0. The minimum atomic E-state index is -3.71. The first-order valence-electron chi connectivity index (χ1n) is 8.47. The van der Waals surface area contributed by atoms with E-state index >= 15 is 0 Å². The maximum atomic E-state index is 12.8. The third kappa shape index (κ3) is 6.85. The molecule has 0 aliphatic heterocycles. The number of thiocarbonyl (C=S) groups is 1. The van der Waals surface area contributed by atoms with Gasteiger partial charge < -0.3 is 5.32 Å². The lowest BCUT2D eigenvalue weighted by atomic mass is 10.3. The highest BCUT2D eigenvalue weighted by atomic mass is 32.2. The Balaban J connectivity index is 1.61. The first-order valence-corrected chi connectivity index (χ1v) is 10.4. The van der Waals surface area contributed by atoms with E-state index in [9.17, 15) is 17.6 Å². The number of hydrazine groups is 1. The third-order valence-corrected chi connectivity index (χ3v) is 5.70. The van der Waals surface area contributed by atoms with Gasteiger partial charge in [0, 0.05) is 19.0 Å². The molecule has 1 aromatic carbocycles. The average Bonchev–Trinajstić information content (AvgIpc) is 3.10. The van der Waals surface area contributed by atoms with Crippen LogP contribution in [0.4, 0.5) is 4.39 Å². The molecule has 1 aromatic rings. The highest BCUT2D eigenvalue weighted by Crippen LogP contribution is 2.17. The van der Waals surface area contributed by atoms with Crippen LogP contribution in [0.3, 0.4) is 0 Å². The van der Waals surface area contributed by atoms with Crippen LogP contribution in [-0.4, -0.2) is 32.0 Å². The summed E-state index contributed by atoms with van der Waals surface area (Å²) in [7, 11) is -3.71. The summed E-state index contributed by atoms with van der Waals surface area (Å²) in [6.45, 7) is 0.0951. The summed E-state index contributed by atoms with van der Waals surface area (Å²) in [5.41, 5.74) is 5.12. The molecule has 144 valence electrons. The molecule has 26 heavy (non-hydrogen) atoms. The molecule has 2 rings (SSSR count). The van der Waals surface area contributed by atoms with Gasteiger partial charge in [0.15, 0.2) is 5.11 Å². The zero-order valence-corrected chi connectivity index (χ0v) is 15.9. The molecule has 0 aromatic heterocycles. The molecule has 0 spiro atoms. The van der Waals surface area contributed by atoms with Gasteiger partial charge in [-0.15, -0.1) is 0 Å². The van der Waals surface area contributed by atoms with Gasteiger partial charge in [0.2, 0.25) is 15.9 Å². The quantitative estimate of drug-likeness (QED) is 0.312. The van der Waals surface area contributed by atoms with Crippen molar-refractivity contribution in [1.82, 2.24) is 20.9 Å². The van der Waals surface area contributed by atoms with Crippen LogP contribution in [0.25, 0.3) is 0 Å². The average molecular weight is 403 g/mol. The van der Waals surface area contributed by atoms with E-state index in [4.69, 9.17) is 12.2 Å². The van der Waals surface area contributed by atoms with Crippen molar-refractivity contribution in [2.24, 2.45) is 0 Å². The summed E-state index contributed by atoms with van der Waals surface area (Å²) >= 11 is 5.10. The molecule has 0 unspecified atom stereocenters. The van der Waals surface area contributed by atoms with Gasteiger partial charge in [0.25, 0.3) is 0 Å². The van der Waals surface area contributed by atoms with E-state index in [1.54, 1.807) is 0 Å². The minimum Gasteiger partial charge on any atom is -0.359 e. The zero-order valence-electron chi connectivity index (χ0n) is 14.3. The van der Waals surface area contributed by atoms with E-state index in [2.05, 4.69) is 20.9 Å². The number of rotatable bonds is 7. The van der Waals surface area contributed by atoms with Gasteiger partial charge in [-0.3, -0.25) is 15.6 Å². The Morgan fingerprint density at radius 1 is 1.15 bits per heavy atom. The van der Waals surface area contributed by atoms with Crippen LogP contribution in [0, 0.1) is 5.82 Å². The van der Waals surface area contributed by atoms with Crippen molar-refractivity contribution in [3.05, 3.63) is 30.1 Å². The smallest absolute Gasteiger partial charge is 0.240 e. The fraction of sp³-hybridized carbons (Fsp3) is 0.500. The second-order valence-electron chi connectivity index (χ2n) is 6.08. The Labute approximate surface area is 158 Å². The first kappa shape index (κ1) is 20.5. The van der Waals surface area contributed by atoms with Gasteiger partial charge in [0.05, 0.1) is 4.90 Å². The highest BCUT2D eigenvalue weighted by molar-refractivity contribution is 7.89. The van der Waals surface area contributed by atoms with E-state index in [0.717, 1.165) is 25.0 Å². The van der Waals surface area contributed by atoms with Crippen molar-refractivity contribution < 1.29 is 17.6 Å². The molecule has 1 aliphatic carbocycles. The summed E-state index contributed by atoms with van der Waals surface area (Å²) < 4.78 is 39.2. The Morgan fingerprint density at radius 2 is 1.81 bits per heavy atom. The number of carbonyl (C=O) groups excluding carboxylic acids is 1. The van der Waals surface area contributed by atoms with Crippen molar-refractivity contribution >= 4 is 33.3 Å². The number of amides is 1. The molecule has 1 amide bonds. The van der Waals surface area contributed by atoms with Gasteiger partial charge >= 0.3 is 0 Å². The van der Waals surface area contributed by atoms with Gasteiger partial charge in [0.1, 0.15) is 5.82 Å². The number of nitrogens with one attached hydrogen (secondary N) is 4. The fourth-order valence-electron chi connectivity index (χ4n) is 2.63. The highest BCUT2D eigenvalue weighted by Gasteiger charge is 2.16. The van der Waals surface area contributed by atoms with E-state index < -0.39 is 15.8 Å². The van der Waals surface area contributed by atoms with Crippen molar-refractivity contribution in [3.63, 3.8) is 0 Å². The van der Waals surface area contributed by atoms with E-state index in [0.29, 0.717) is 17.6 Å². The molecule has 1 saturated carbocycles.